The van der Waals surface area contributed by atoms with Crippen LogP contribution in [0.25, 0.3) is 22.4 Å². The maximum Gasteiger partial charge on any atom is 0.286 e. The molecule has 0 fully saturated rings. The summed E-state index contributed by atoms with van der Waals surface area (Å²) in [5.41, 5.74) is 6.27. The fourth-order valence-electron chi connectivity index (χ4n) is 1.60. The van der Waals surface area contributed by atoms with Crippen molar-refractivity contribution in [3.8, 4) is 11.3 Å². The van der Waals surface area contributed by atoms with E-state index in [2.05, 4.69) is 15.0 Å². The first-order valence-electron chi connectivity index (χ1n) is 5.21. The van der Waals surface area contributed by atoms with Crippen LogP contribution in [0.15, 0.2) is 41.2 Å². The molecule has 6 heteroatoms. The molecule has 0 saturated carbocycles. The fourth-order valence-corrected chi connectivity index (χ4v) is 1.60. The van der Waals surface area contributed by atoms with Crippen LogP contribution in [0.1, 0.15) is 10.6 Å². The van der Waals surface area contributed by atoms with Gasteiger partial charge in [-0.1, -0.05) is 0 Å². The number of rotatable bonds is 2. The number of pyridine rings is 1. The third kappa shape index (κ3) is 1.69. The van der Waals surface area contributed by atoms with Crippen LogP contribution in [0, 0.1) is 0 Å². The van der Waals surface area contributed by atoms with Gasteiger partial charge < -0.3 is 10.2 Å². The average molecular weight is 240 g/mol. The van der Waals surface area contributed by atoms with Crippen LogP contribution >= 0.6 is 0 Å². The van der Waals surface area contributed by atoms with Crippen LogP contribution < -0.4 is 5.73 Å². The molecule has 0 unspecified atom stereocenters. The Bertz CT molecular complexity index is 721. The molecule has 0 aromatic carbocycles. The summed E-state index contributed by atoms with van der Waals surface area (Å²) >= 11 is 0. The lowest BCUT2D eigenvalue weighted by Gasteiger charge is -1.93. The second kappa shape index (κ2) is 3.92. The number of nitrogens with zero attached hydrogens (tertiary/aromatic N) is 3. The Morgan fingerprint density at radius 2 is 2.22 bits per heavy atom. The second-order valence-corrected chi connectivity index (χ2v) is 3.67. The number of furan rings is 1. The van der Waals surface area contributed by atoms with E-state index in [9.17, 15) is 4.79 Å². The maximum absolute atomic E-state index is 11.0. The van der Waals surface area contributed by atoms with Crippen LogP contribution in [-0.2, 0) is 0 Å². The molecule has 3 aromatic heterocycles. The number of primary amides is 1. The van der Waals surface area contributed by atoms with Gasteiger partial charge in [0.05, 0.1) is 5.39 Å². The SMILES string of the molecule is NC(=O)c1ncc2cc(-c3cccnc3)oc2n1. The molecule has 0 spiro atoms. The lowest BCUT2D eigenvalue weighted by molar-refractivity contribution is 0.0990. The van der Waals surface area contributed by atoms with Gasteiger partial charge in [0.2, 0.25) is 11.5 Å². The molecule has 18 heavy (non-hydrogen) atoms. The molecule has 1 amide bonds. The first-order chi connectivity index (χ1) is 8.74. The van der Waals surface area contributed by atoms with Gasteiger partial charge in [0.25, 0.3) is 5.91 Å². The molecule has 2 N–H and O–H groups in total. The van der Waals surface area contributed by atoms with Crippen molar-refractivity contribution < 1.29 is 9.21 Å². The van der Waals surface area contributed by atoms with E-state index in [1.54, 1.807) is 18.5 Å². The molecular formula is C12H8N4O2. The predicted molar refractivity (Wildman–Crippen MR) is 63.6 cm³/mol. The zero-order valence-corrected chi connectivity index (χ0v) is 9.20. The number of amides is 1. The van der Waals surface area contributed by atoms with E-state index < -0.39 is 5.91 Å². The summed E-state index contributed by atoms with van der Waals surface area (Å²) in [4.78, 5) is 22.8. The Morgan fingerprint density at radius 1 is 1.33 bits per heavy atom. The Labute approximate surface area is 101 Å². The third-order valence-electron chi connectivity index (χ3n) is 2.44. The van der Waals surface area contributed by atoms with Gasteiger partial charge in [0.15, 0.2) is 0 Å². The zero-order valence-electron chi connectivity index (χ0n) is 9.20. The molecule has 6 nitrogen and oxygen atoms in total. The van der Waals surface area contributed by atoms with E-state index in [4.69, 9.17) is 10.2 Å². The van der Waals surface area contributed by atoms with Gasteiger partial charge in [-0.25, -0.2) is 4.98 Å². The molecular weight excluding hydrogens is 232 g/mol. The van der Waals surface area contributed by atoms with Gasteiger partial charge in [0, 0.05) is 24.2 Å². The molecule has 3 aromatic rings. The summed E-state index contributed by atoms with van der Waals surface area (Å²) in [7, 11) is 0. The molecule has 0 atom stereocenters. The quantitative estimate of drug-likeness (QED) is 0.730. The minimum absolute atomic E-state index is 0.0606. The minimum atomic E-state index is -0.684. The standard InChI is InChI=1S/C12H8N4O2/c13-10(17)11-15-6-8-4-9(18-12(8)16-11)7-2-1-3-14-5-7/h1-6H,(H2,13,17). The molecule has 0 aliphatic carbocycles. The van der Waals surface area contributed by atoms with Crippen molar-refractivity contribution in [2.75, 3.05) is 0 Å². The summed E-state index contributed by atoms with van der Waals surface area (Å²) in [5.74, 6) is -0.125. The van der Waals surface area contributed by atoms with Gasteiger partial charge >= 0.3 is 0 Å². The largest absolute Gasteiger partial charge is 0.438 e. The molecule has 0 saturated heterocycles. The predicted octanol–water partition coefficient (Wildman–Crippen LogP) is 1.38. The number of carbonyl (C=O) groups excluding carboxylic acids is 1. The first kappa shape index (κ1) is 10.4. The van der Waals surface area contributed by atoms with Gasteiger partial charge in [-0.15, -0.1) is 0 Å². The van der Waals surface area contributed by atoms with E-state index in [0.29, 0.717) is 16.9 Å². The number of hydrogen-bond donors (Lipinski definition) is 1. The zero-order chi connectivity index (χ0) is 12.5. The minimum Gasteiger partial charge on any atom is -0.438 e. The Balaban J connectivity index is 2.14. The average Bonchev–Trinajstić information content (AvgIpc) is 2.82. The van der Waals surface area contributed by atoms with E-state index in [-0.39, 0.29) is 5.82 Å². The van der Waals surface area contributed by atoms with E-state index >= 15 is 0 Å². The highest BCUT2D eigenvalue weighted by Gasteiger charge is 2.11. The molecule has 0 radical (unpaired) electrons. The van der Waals surface area contributed by atoms with Gasteiger partial charge in [-0.2, -0.15) is 4.98 Å². The van der Waals surface area contributed by atoms with Crippen molar-refractivity contribution in [2.45, 2.75) is 0 Å². The number of carbonyl (C=O) groups is 1. The summed E-state index contributed by atoms with van der Waals surface area (Å²) in [6.45, 7) is 0. The van der Waals surface area contributed by atoms with Crippen molar-refractivity contribution in [1.29, 1.82) is 0 Å². The third-order valence-corrected chi connectivity index (χ3v) is 2.44. The summed E-state index contributed by atoms with van der Waals surface area (Å²) in [5, 5.41) is 0.707. The lowest BCUT2D eigenvalue weighted by atomic mass is 10.2. The van der Waals surface area contributed by atoms with Crippen molar-refractivity contribution in [1.82, 2.24) is 15.0 Å². The van der Waals surface area contributed by atoms with Crippen molar-refractivity contribution in [3.63, 3.8) is 0 Å². The van der Waals surface area contributed by atoms with Gasteiger partial charge in [-0.3, -0.25) is 9.78 Å². The normalized spacial score (nSPS) is 10.7. The van der Waals surface area contributed by atoms with Crippen LogP contribution in [0.5, 0.6) is 0 Å². The topological polar surface area (TPSA) is 94.9 Å². The number of fused-ring (bicyclic) bond motifs is 1. The molecule has 0 aliphatic heterocycles. The lowest BCUT2D eigenvalue weighted by Crippen LogP contribution is -2.14. The Morgan fingerprint density at radius 3 is 2.94 bits per heavy atom. The van der Waals surface area contributed by atoms with Crippen LogP contribution in [0.3, 0.4) is 0 Å². The summed E-state index contributed by atoms with van der Waals surface area (Å²) in [6, 6.07) is 5.47. The Hall–Kier alpha value is -2.76. The van der Waals surface area contributed by atoms with Crippen LogP contribution in [0.4, 0.5) is 0 Å². The van der Waals surface area contributed by atoms with Crippen molar-refractivity contribution >= 4 is 17.0 Å². The first-order valence-corrected chi connectivity index (χ1v) is 5.21. The summed E-state index contributed by atoms with van der Waals surface area (Å²) < 4.78 is 5.55. The highest BCUT2D eigenvalue weighted by molar-refractivity contribution is 5.91. The van der Waals surface area contributed by atoms with Crippen LogP contribution in [0.2, 0.25) is 0 Å². The molecule has 88 valence electrons. The number of nitrogens with two attached hydrogens (primary N) is 1. The maximum atomic E-state index is 11.0. The Kier molecular flexibility index (Phi) is 2.26. The van der Waals surface area contributed by atoms with Gasteiger partial charge in [-0.05, 0) is 18.2 Å². The number of hydrogen-bond acceptors (Lipinski definition) is 5. The monoisotopic (exact) mass is 240 g/mol. The highest BCUT2D eigenvalue weighted by Crippen LogP contribution is 2.25. The van der Waals surface area contributed by atoms with Crippen molar-refractivity contribution in [2.24, 2.45) is 5.73 Å². The summed E-state index contributed by atoms with van der Waals surface area (Å²) in [6.07, 6.45) is 4.86. The molecule has 3 rings (SSSR count). The fraction of sp³-hybridized carbons (Fsp3) is 0. The van der Waals surface area contributed by atoms with Crippen LogP contribution in [-0.4, -0.2) is 20.9 Å². The van der Waals surface area contributed by atoms with Gasteiger partial charge in [0.1, 0.15) is 5.76 Å². The molecule has 0 aliphatic rings. The van der Waals surface area contributed by atoms with Crippen molar-refractivity contribution in [3.05, 3.63) is 42.6 Å². The van der Waals surface area contributed by atoms with E-state index in [1.165, 1.54) is 6.20 Å². The molecule has 0 bridgehead atoms. The highest BCUT2D eigenvalue weighted by atomic mass is 16.3. The van der Waals surface area contributed by atoms with E-state index in [0.717, 1.165) is 5.56 Å². The molecule has 3 heterocycles. The second-order valence-electron chi connectivity index (χ2n) is 3.67. The smallest absolute Gasteiger partial charge is 0.286 e. The number of aromatic nitrogens is 3. The van der Waals surface area contributed by atoms with E-state index in [1.807, 2.05) is 12.1 Å².